The Morgan fingerprint density at radius 3 is 2.80 bits per heavy atom. The summed E-state index contributed by atoms with van der Waals surface area (Å²) in [6, 6.07) is 9.45. The Morgan fingerprint density at radius 2 is 2.12 bits per heavy atom. The molecule has 0 radical (unpaired) electrons. The number of hydrogen-bond acceptors (Lipinski definition) is 4. The van der Waals surface area contributed by atoms with E-state index in [4.69, 9.17) is 4.74 Å². The van der Waals surface area contributed by atoms with Gasteiger partial charge >= 0.3 is 0 Å². The maximum Gasteiger partial charge on any atom is 0.237 e. The number of carbonyl (C=O) groups excluding carboxylic acids is 1. The van der Waals surface area contributed by atoms with E-state index in [0.717, 1.165) is 38.1 Å². The van der Waals surface area contributed by atoms with Crippen molar-refractivity contribution in [2.45, 2.75) is 56.3 Å². The standard InChI is InChI=1S/C19H27N3O2.ClH/c1-24-15-5-2-4-13(12-15)18-16(9-11-22(18)14-7-8-14)21-19(23)17-6-3-10-20-17;/h2,4-5,12,14,16-18,20H,3,6-11H2,1H3,(H,21,23);1H. The summed E-state index contributed by atoms with van der Waals surface area (Å²) in [6.45, 7) is 2.02. The molecule has 1 aromatic rings. The highest BCUT2D eigenvalue weighted by Gasteiger charge is 2.43. The number of halogens is 1. The zero-order valence-corrected chi connectivity index (χ0v) is 15.6. The third-order valence-corrected chi connectivity index (χ3v) is 5.59. The van der Waals surface area contributed by atoms with Crippen LogP contribution in [0.1, 0.15) is 43.7 Å². The molecule has 2 aliphatic heterocycles. The van der Waals surface area contributed by atoms with Gasteiger partial charge in [-0.1, -0.05) is 12.1 Å². The van der Waals surface area contributed by atoms with Gasteiger partial charge in [0.15, 0.2) is 0 Å². The SMILES string of the molecule is COc1cccc(C2C(NC(=O)C3CCCN3)CCN2C2CC2)c1.Cl. The molecule has 0 spiro atoms. The van der Waals surface area contributed by atoms with Gasteiger partial charge in [-0.15, -0.1) is 12.4 Å². The second kappa shape index (κ2) is 7.94. The van der Waals surface area contributed by atoms with Crippen LogP contribution in [0.15, 0.2) is 24.3 Å². The fourth-order valence-electron chi connectivity index (χ4n) is 4.22. The molecule has 0 bridgehead atoms. The highest BCUT2D eigenvalue weighted by molar-refractivity contribution is 5.85. The van der Waals surface area contributed by atoms with Gasteiger partial charge in [0.05, 0.1) is 19.2 Å². The van der Waals surface area contributed by atoms with E-state index in [2.05, 4.69) is 33.7 Å². The minimum Gasteiger partial charge on any atom is -0.497 e. The Kier molecular flexibility index (Phi) is 5.87. The van der Waals surface area contributed by atoms with Crippen molar-refractivity contribution < 1.29 is 9.53 Å². The lowest BCUT2D eigenvalue weighted by Gasteiger charge is -2.30. The van der Waals surface area contributed by atoms with Crippen LogP contribution in [0.4, 0.5) is 0 Å². The highest BCUT2D eigenvalue weighted by atomic mass is 35.5. The lowest BCUT2D eigenvalue weighted by molar-refractivity contribution is -0.123. The Hall–Kier alpha value is -1.30. The Balaban J connectivity index is 0.00000182. The minimum absolute atomic E-state index is 0. The van der Waals surface area contributed by atoms with Crippen LogP contribution in [0.2, 0.25) is 0 Å². The van der Waals surface area contributed by atoms with Gasteiger partial charge in [-0.25, -0.2) is 0 Å². The van der Waals surface area contributed by atoms with Crippen LogP contribution in [0.3, 0.4) is 0 Å². The summed E-state index contributed by atoms with van der Waals surface area (Å²) in [5.74, 6) is 1.06. The van der Waals surface area contributed by atoms with E-state index in [1.165, 1.54) is 18.4 Å². The molecule has 3 aliphatic rings. The molecule has 25 heavy (non-hydrogen) atoms. The first kappa shape index (κ1) is 18.5. The number of likely N-dealkylation sites (tertiary alicyclic amines) is 1. The molecule has 3 atom stereocenters. The van der Waals surface area contributed by atoms with E-state index in [0.29, 0.717) is 6.04 Å². The summed E-state index contributed by atoms with van der Waals surface area (Å²) in [5.41, 5.74) is 1.25. The smallest absolute Gasteiger partial charge is 0.237 e. The third-order valence-electron chi connectivity index (χ3n) is 5.59. The molecule has 138 valence electrons. The van der Waals surface area contributed by atoms with Crippen molar-refractivity contribution in [2.75, 3.05) is 20.2 Å². The van der Waals surface area contributed by atoms with Crippen molar-refractivity contribution in [1.29, 1.82) is 0 Å². The average molecular weight is 366 g/mol. The van der Waals surface area contributed by atoms with E-state index in [-0.39, 0.29) is 36.4 Å². The lowest BCUT2D eigenvalue weighted by atomic mass is 9.99. The molecule has 1 saturated carbocycles. The van der Waals surface area contributed by atoms with E-state index in [1.807, 2.05) is 6.07 Å². The zero-order valence-electron chi connectivity index (χ0n) is 14.7. The molecule has 3 unspecified atom stereocenters. The van der Waals surface area contributed by atoms with Crippen LogP contribution in [0, 0.1) is 0 Å². The Bertz CT molecular complexity index is 602. The summed E-state index contributed by atoms with van der Waals surface area (Å²) in [6.07, 6.45) is 5.64. The van der Waals surface area contributed by atoms with Crippen molar-refractivity contribution in [3.8, 4) is 5.75 Å². The maximum atomic E-state index is 12.6. The monoisotopic (exact) mass is 365 g/mol. The molecule has 2 heterocycles. The number of amides is 1. The van der Waals surface area contributed by atoms with Crippen molar-refractivity contribution in [3.63, 3.8) is 0 Å². The average Bonchev–Trinajstić information content (AvgIpc) is 3.14. The van der Waals surface area contributed by atoms with Gasteiger partial charge in [0.2, 0.25) is 5.91 Å². The number of carbonyl (C=O) groups is 1. The van der Waals surface area contributed by atoms with Gasteiger partial charge in [-0.05, 0) is 56.3 Å². The molecule has 1 aliphatic carbocycles. The van der Waals surface area contributed by atoms with Crippen LogP contribution >= 0.6 is 12.4 Å². The Morgan fingerprint density at radius 1 is 1.28 bits per heavy atom. The van der Waals surface area contributed by atoms with Crippen molar-refractivity contribution in [2.24, 2.45) is 0 Å². The van der Waals surface area contributed by atoms with Crippen LogP contribution in [0.25, 0.3) is 0 Å². The van der Waals surface area contributed by atoms with Gasteiger partial charge in [0, 0.05) is 18.6 Å². The summed E-state index contributed by atoms with van der Waals surface area (Å²) in [4.78, 5) is 15.2. The summed E-state index contributed by atoms with van der Waals surface area (Å²) < 4.78 is 5.41. The second-order valence-corrected chi connectivity index (χ2v) is 7.24. The van der Waals surface area contributed by atoms with Gasteiger partial charge in [-0.3, -0.25) is 9.69 Å². The molecular formula is C19H28ClN3O2. The molecule has 0 aromatic heterocycles. The van der Waals surface area contributed by atoms with Crippen molar-refractivity contribution in [1.82, 2.24) is 15.5 Å². The summed E-state index contributed by atoms with van der Waals surface area (Å²) >= 11 is 0. The number of methoxy groups -OCH3 is 1. The van der Waals surface area contributed by atoms with Gasteiger partial charge in [0.25, 0.3) is 0 Å². The quantitative estimate of drug-likeness (QED) is 0.840. The molecule has 5 nitrogen and oxygen atoms in total. The Labute approximate surface area is 155 Å². The number of rotatable bonds is 5. The van der Waals surface area contributed by atoms with Crippen LogP contribution in [-0.4, -0.2) is 49.1 Å². The third kappa shape index (κ3) is 3.94. The second-order valence-electron chi connectivity index (χ2n) is 7.24. The number of nitrogens with one attached hydrogen (secondary N) is 2. The number of nitrogens with zero attached hydrogens (tertiary/aromatic N) is 1. The first-order chi connectivity index (χ1) is 11.8. The molecule has 4 rings (SSSR count). The molecule has 2 saturated heterocycles. The molecule has 6 heteroatoms. The number of hydrogen-bond donors (Lipinski definition) is 2. The maximum absolute atomic E-state index is 12.6. The normalized spacial score (nSPS) is 29.2. The molecular weight excluding hydrogens is 338 g/mol. The van der Waals surface area contributed by atoms with E-state index in [9.17, 15) is 4.79 Å². The molecule has 2 N–H and O–H groups in total. The highest BCUT2D eigenvalue weighted by Crippen LogP contribution is 2.41. The first-order valence-corrected chi connectivity index (χ1v) is 9.20. The molecule has 1 amide bonds. The lowest BCUT2D eigenvalue weighted by Crippen LogP contribution is -2.47. The van der Waals surface area contributed by atoms with Crippen molar-refractivity contribution >= 4 is 18.3 Å². The molecule has 1 aromatic carbocycles. The van der Waals surface area contributed by atoms with Crippen molar-refractivity contribution in [3.05, 3.63) is 29.8 Å². The minimum atomic E-state index is -0.00839. The van der Waals surface area contributed by atoms with Crippen LogP contribution < -0.4 is 15.4 Å². The largest absolute Gasteiger partial charge is 0.497 e. The topological polar surface area (TPSA) is 53.6 Å². The first-order valence-electron chi connectivity index (χ1n) is 9.20. The fraction of sp³-hybridized carbons (Fsp3) is 0.632. The summed E-state index contributed by atoms with van der Waals surface area (Å²) in [5, 5.41) is 6.64. The number of benzene rings is 1. The van der Waals surface area contributed by atoms with E-state index in [1.54, 1.807) is 7.11 Å². The predicted octanol–water partition coefficient (Wildman–Crippen LogP) is 2.26. The van der Waals surface area contributed by atoms with Gasteiger partial charge in [-0.2, -0.15) is 0 Å². The van der Waals surface area contributed by atoms with Gasteiger partial charge < -0.3 is 15.4 Å². The van der Waals surface area contributed by atoms with Gasteiger partial charge in [0.1, 0.15) is 5.75 Å². The van der Waals surface area contributed by atoms with E-state index < -0.39 is 0 Å². The molecule has 3 fully saturated rings. The summed E-state index contributed by atoms with van der Waals surface area (Å²) in [7, 11) is 1.71. The predicted molar refractivity (Wildman–Crippen MR) is 100 cm³/mol. The van der Waals surface area contributed by atoms with Crippen LogP contribution in [-0.2, 0) is 4.79 Å². The van der Waals surface area contributed by atoms with E-state index >= 15 is 0 Å². The zero-order chi connectivity index (χ0) is 16.5. The fourth-order valence-corrected chi connectivity index (χ4v) is 4.22. The number of ether oxygens (including phenoxy) is 1. The van der Waals surface area contributed by atoms with Crippen LogP contribution in [0.5, 0.6) is 5.75 Å².